The smallest absolute Gasteiger partial charge is 0.169 e. The van der Waals surface area contributed by atoms with Gasteiger partial charge in [0.1, 0.15) is 12.1 Å². The van der Waals surface area contributed by atoms with E-state index in [0.717, 1.165) is 22.4 Å². The van der Waals surface area contributed by atoms with Crippen LogP contribution in [-0.2, 0) is 0 Å². The SMILES string of the molecule is COc1c(O)cccc1-c1nc(-n2cnc3cc(Nc4ccc(C)nn4)ccc32)ccc1C(C)=O. The first-order valence-corrected chi connectivity index (χ1v) is 10.9. The summed E-state index contributed by atoms with van der Waals surface area (Å²) in [7, 11) is 1.47. The highest BCUT2D eigenvalue weighted by molar-refractivity contribution is 6.01. The van der Waals surface area contributed by atoms with Crippen LogP contribution < -0.4 is 10.1 Å². The maximum atomic E-state index is 12.4. The van der Waals surface area contributed by atoms with Crippen molar-refractivity contribution in [2.45, 2.75) is 13.8 Å². The number of rotatable bonds is 6. The summed E-state index contributed by atoms with van der Waals surface area (Å²) in [5.41, 5.74) is 4.62. The monoisotopic (exact) mass is 466 g/mol. The van der Waals surface area contributed by atoms with Crippen molar-refractivity contribution in [2.24, 2.45) is 0 Å². The second-order valence-electron chi connectivity index (χ2n) is 7.98. The summed E-state index contributed by atoms with van der Waals surface area (Å²) in [6, 6.07) is 18.0. The van der Waals surface area contributed by atoms with Crippen molar-refractivity contribution in [3.8, 4) is 28.6 Å². The predicted molar refractivity (Wildman–Crippen MR) is 133 cm³/mol. The first-order chi connectivity index (χ1) is 16.9. The van der Waals surface area contributed by atoms with Gasteiger partial charge in [-0.1, -0.05) is 6.07 Å². The van der Waals surface area contributed by atoms with Crippen LogP contribution in [0.4, 0.5) is 11.5 Å². The molecule has 0 amide bonds. The van der Waals surface area contributed by atoms with Gasteiger partial charge in [0.05, 0.1) is 29.5 Å². The number of ketones is 1. The molecular formula is C26H22N6O3. The molecule has 0 unspecified atom stereocenters. The fourth-order valence-corrected chi connectivity index (χ4v) is 3.88. The number of hydrogen-bond acceptors (Lipinski definition) is 8. The average molecular weight is 467 g/mol. The molecule has 9 nitrogen and oxygen atoms in total. The van der Waals surface area contributed by atoms with Crippen LogP contribution in [0.3, 0.4) is 0 Å². The standard InChI is InChI=1S/C26H22N6O3/c1-15-7-11-23(31-30-15)28-17-8-10-21-20(13-17)27-14-32(21)24-12-9-18(16(2)33)25(29-24)19-5-4-6-22(34)26(19)35-3/h4-14,34H,1-3H3,(H,28,31). The normalized spacial score (nSPS) is 10.9. The van der Waals surface area contributed by atoms with E-state index in [1.165, 1.54) is 20.1 Å². The number of aryl methyl sites for hydroxylation is 1. The molecule has 35 heavy (non-hydrogen) atoms. The number of para-hydroxylation sites is 1. The molecule has 0 fully saturated rings. The number of phenolic OH excluding ortho intramolecular Hbond substituents is 1. The molecular weight excluding hydrogens is 444 g/mol. The second kappa shape index (κ2) is 8.86. The molecule has 2 aromatic carbocycles. The molecule has 3 heterocycles. The third-order valence-corrected chi connectivity index (χ3v) is 5.58. The molecule has 2 N–H and O–H groups in total. The molecule has 0 saturated heterocycles. The highest BCUT2D eigenvalue weighted by atomic mass is 16.5. The maximum Gasteiger partial charge on any atom is 0.169 e. The molecule has 5 rings (SSSR count). The van der Waals surface area contributed by atoms with Crippen LogP contribution in [0.5, 0.6) is 11.5 Å². The zero-order chi connectivity index (χ0) is 24.5. The number of aromatic nitrogens is 5. The largest absolute Gasteiger partial charge is 0.504 e. The van der Waals surface area contributed by atoms with Crippen molar-refractivity contribution < 1.29 is 14.6 Å². The Morgan fingerprint density at radius 1 is 1.06 bits per heavy atom. The van der Waals surface area contributed by atoms with Gasteiger partial charge in [0.25, 0.3) is 0 Å². The molecule has 0 aliphatic carbocycles. The van der Waals surface area contributed by atoms with Gasteiger partial charge in [-0.3, -0.25) is 9.36 Å². The topological polar surface area (TPSA) is 115 Å². The van der Waals surface area contributed by atoms with E-state index in [1.807, 2.05) is 41.8 Å². The number of carbonyl (C=O) groups is 1. The van der Waals surface area contributed by atoms with Crippen LogP contribution in [0, 0.1) is 6.92 Å². The Bertz CT molecular complexity index is 1560. The zero-order valence-corrected chi connectivity index (χ0v) is 19.4. The quantitative estimate of drug-likeness (QED) is 0.342. The van der Waals surface area contributed by atoms with Crippen molar-refractivity contribution >= 4 is 28.3 Å². The summed E-state index contributed by atoms with van der Waals surface area (Å²) < 4.78 is 7.24. The summed E-state index contributed by atoms with van der Waals surface area (Å²) >= 11 is 0. The van der Waals surface area contributed by atoms with Gasteiger partial charge in [-0.15, -0.1) is 5.10 Å². The Labute approximate surface area is 201 Å². The first kappa shape index (κ1) is 22.0. The molecule has 0 radical (unpaired) electrons. The van der Waals surface area contributed by atoms with Gasteiger partial charge in [-0.2, -0.15) is 5.10 Å². The van der Waals surface area contributed by atoms with Crippen molar-refractivity contribution in [3.05, 3.63) is 78.2 Å². The third kappa shape index (κ3) is 4.15. The van der Waals surface area contributed by atoms with E-state index in [1.54, 1.807) is 30.6 Å². The zero-order valence-electron chi connectivity index (χ0n) is 19.4. The molecule has 9 heteroatoms. The number of carbonyl (C=O) groups excluding carboxylic acids is 1. The second-order valence-corrected chi connectivity index (χ2v) is 7.98. The van der Waals surface area contributed by atoms with Crippen LogP contribution in [0.25, 0.3) is 28.1 Å². The molecule has 0 atom stereocenters. The number of phenols is 1. The van der Waals surface area contributed by atoms with Gasteiger partial charge in [0, 0.05) is 16.8 Å². The number of aromatic hydroxyl groups is 1. The number of Topliss-reactive ketones (excluding diaryl/α,β-unsaturated/α-hetero) is 1. The van der Waals surface area contributed by atoms with E-state index in [9.17, 15) is 9.90 Å². The van der Waals surface area contributed by atoms with E-state index in [4.69, 9.17) is 9.72 Å². The summed E-state index contributed by atoms with van der Waals surface area (Å²) in [5.74, 6) is 1.29. The molecule has 0 spiro atoms. The number of hydrogen-bond donors (Lipinski definition) is 2. The number of methoxy groups -OCH3 is 1. The summed E-state index contributed by atoms with van der Waals surface area (Å²) in [5, 5.41) is 21.7. The number of nitrogens with one attached hydrogen (secondary N) is 1. The first-order valence-electron chi connectivity index (χ1n) is 10.9. The molecule has 0 aliphatic rings. The van der Waals surface area contributed by atoms with Gasteiger partial charge in [0.15, 0.2) is 23.1 Å². The molecule has 0 saturated carbocycles. The molecule has 5 aromatic rings. The Morgan fingerprint density at radius 3 is 2.66 bits per heavy atom. The van der Waals surface area contributed by atoms with Gasteiger partial charge >= 0.3 is 0 Å². The van der Waals surface area contributed by atoms with Crippen molar-refractivity contribution in [1.29, 1.82) is 0 Å². The van der Waals surface area contributed by atoms with E-state index < -0.39 is 0 Å². The Kier molecular flexibility index (Phi) is 5.58. The fraction of sp³-hybridized carbons (Fsp3) is 0.115. The van der Waals surface area contributed by atoms with E-state index in [2.05, 4.69) is 20.5 Å². The Morgan fingerprint density at radius 2 is 1.91 bits per heavy atom. The fourth-order valence-electron chi connectivity index (χ4n) is 3.88. The minimum Gasteiger partial charge on any atom is -0.504 e. The number of fused-ring (bicyclic) bond motifs is 1. The van der Waals surface area contributed by atoms with Crippen LogP contribution in [0.2, 0.25) is 0 Å². The lowest BCUT2D eigenvalue weighted by molar-refractivity contribution is 0.101. The number of anilines is 2. The van der Waals surface area contributed by atoms with Crippen LogP contribution >= 0.6 is 0 Å². The van der Waals surface area contributed by atoms with Crippen molar-refractivity contribution in [2.75, 3.05) is 12.4 Å². The van der Waals surface area contributed by atoms with E-state index in [-0.39, 0.29) is 17.3 Å². The average Bonchev–Trinajstić information content (AvgIpc) is 3.28. The summed E-state index contributed by atoms with van der Waals surface area (Å²) in [6.07, 6.45) is 1.68. The lowest BCUT2D eigenvalue weighted by Crippen LogP contribution is -2.04. The van der Waals surface area contributed by atoms with E-state index in [0.29, 0.717) is 28.5 Å². The van der Waals surface area contributed by atoms with Gasteiger partial charge in [0.2, 0.25) is 0 Å². The maximum absolute atomic E-state index is 12.4. The van der Waals surface area contributed by atoms with Crippen LogP contribution in [0.1, 0.15) is 23.0 Å². The van der Waals surface area contributed by atoms with E-state index >= 15 is 0 Å². The third-order valence-electron chi connectivity index (χ3n) is 5.58. The summed E-state index contributed by atoms with van der Waals surface area (Å²) in [6.45, 7) is 3.36. The number of nitrogens with zero attached hydrogens (tertiary/aromatic N) is 5. The molecule has 3 aromatic heterocycles. The van der Waals surface area contributed by atoms with Crippen molar-refractivity contribution in [3.63, 3.8) is 0 Å². The van der Waals surface area contributed by atoms with Crippen LogP contribution in [0.15, 0.2) is 67.0 Å². The number of pyridine rings is 1. The van der Waals surface area contributed by atoms with Crippen molar-refractivity contribution in [1.82, 2.24) is 24.7 Å². The minimum atomic E-state index is -0.144. The summed E-state index contributed by atoms with van der Waals surface area (Å²) in [4.78, 5) is 21.7. The predicted octanol–water partition coefficient (Wildman–Crippen LogP) is 4.85. The number of benzene rings is 2. The molecule has 0 aliphatic heterocycles. The minimum absolute atomic E-state index is 0.0296. The van der Waals surface area contributed by atoms with Crippen LogP contribution in [-0.4, -0.2) is 42.7 Å². The molecule has 174 valence electrons. The lowest BCUT2D eigenvalue weighted by atomic mass is 10.0. The number of imidazole rings is 1. The highest BCUT2D eigenvalue weighted by Crippen LogP contribution is 2.38. The van der Waals surface area contributed by atoms with Gasteiger partial charge < -0.3 is 15.2 Å². The Hall–Kier alpha value is -4.79. The van der Waals surface area contributed by atoms with Gasteiger partial charge in [-0.05, 0) is 68.4 Å². The number of ether oxygens (including phenoxy) is 1. The van der Waals surface area contributed by atoms with Gasteiger partial charge in [-0.25, -0.2) is 9.97 Å². The highest BCUT2D eigenvalue weighted by Gasteiger charge is 2.19. The Balaban J connectivity index is 1.57. The lowest BCUT2D eigenvalue weighted by Gasteiger charge is -2.14. The molecule has 0 bridgehead atoms.